The van der Waals surface area contributed by atoms with Gasteiger partial charge in [0.1, 0.15) is 11.3 Å². The summed E-state index contributed by atoms with van der Waals surface area (Å²) < 4.78 is 65.9. The van der Waals surface area contributed by atoms with Crippen LogP contribution in [0.25, 0.3) is 10.9 Å². The van der Waals surface area contributed by atoms with Gasteiger partial charge in [0.15, 0.2) is 0 Å². The molecule has 0 bridgehead atoms. The van der Waals surface area contributed by atoms with Crippen LogP contribution in [0.3, 0.4) is 0 Å². The van der Waals surface area contributed by atoms with Gasteiger partial charge in [-0.05, 0) is 49.6 Å². The van der Waals surface area contributed by atoms with Gasteiger partial charge in [0.05, 0.1) is 10.5 Å². The molecule has 28 heavy (non-hydrogen) atoms. The number of aryl methyl sites for hydroxylation is 1. The van der Waals surface area contributed by atoms with Crippen LogP contribution < -0.4 is 0 Å². The highest BCUT2D eigenvalue weighted by Gasteiger charge is 2.44. The van der Waals surface area contributed by atoms with Crippen LogP contribution in [-0.2, 0) is 20.8 Å². The third-order valence-electron chi connectivity index (χ3n) is 5.12. The van der Waals surface area contributed by atoms with E-state index in [2.05, 4.69) is 4.98 Å². The van der Waals surface area contributed by atoms with E-state index < -0.39 is 27.5 Å². The highest BCUT2D eigenvalue weighted by molar-refractivity contribution is 7.91. The van der Waals surface area contributed by atoms with Gasteiger partial charge in [-0.2, -0.15) is 13.2 Å². The van der Waals surface area contributed by atoms with Crippen molar-refractivity contribution in [1.29, 1.82) is 0 Å². The lowest BCUT2D eigenvalue weighted by atomic mass is 10.1. The Bertz CT molecular complexity index is 1180. The van der Waals surface area contributed by atoms with Crippen molar-refractivity contribution < 1.29 is 26.4 Å². The van der Waals surface area contributed by atoms with Crippen LogP contribution in [0.1, 0.15) is 29.0 Å². The molecule has 4 rings (SSSR count). The second-order valence-corrected chi connectivity index (χ2v) is 8.97. The van der Waals surface area contributed by atoms with Crippen LogP contribution in [0.4, 0.5) is 13.2 Å². The van der Waals surface area contributed by atoms with Crippen molar-refractivity contribution in [3.05, 3.63) is 59.2 Å². The normalized spacial score (nSPS) is 19.7. The summed E-state index contributed by atoms with van der Waals surface area (Å²) in [6, 6.07) is 9.33. The smallest absolute Gasteiger partial charge is 0.345 e. The summed E-state index contributed by atoms with van der Waals surface area (Å²) in [6.45, 7) is 1.82. The number of hydrogen-bond donors (Lipinski definition) is 1. The number of aromatic nitrogens is 1. The molecule has 2 atom stereocenters. The summed E-state index contributed by atoms with van der Waals surface area (Å²) in [5.41, 5.74) is 0.584. The van der Waals surface area contributed by atoms with Gasteiger partial charge in [-0.15, -0.1) is 0 Å². The molecule has 0 amide bonds. The molecule has 2 aromatic carbocycles. The Morgan fingerprint density at radius 2 is 1.79 bits per heavy atom. The summed E-state index contributed by atoms with van der Waals surface area (Å²) in [5, 5.41) is 0.0508. The van der Waals surface area contributed by atoms with Crippen molar-refractivity contribution in [2.75, 3.05) is 0 Å². The van der Waals surface area contributed by atoms with E-state index in [-0.39, 0.29) is 26.8 Å². The number of benzene rings is 2. The lowest BCUT2D eigenvalue weighted by molar-refractivity contribution is -0.137. The van der Waals surface area contributed by atoms with Crippen LogP contribution in [0, 0.1) is 12.8 Å². The minimum absolute atomic E-state index is 0.0465. The zero-order chi connectivity index (χ0) is 20.3. The number of nitrogens with one attached hydrogen (secondary N) is 1. The Balaban J connectivity index is 1.96. The maximum absolute atomic E-state index is 13.2. The molecule has 8 heteroatoms. The average molecular weight is 407 g/mol. The minimum Gasteiger partial charge on any atom is -0.345 e. The van der Waals surface area contributed by atoms with E-state index in [0.717, 1.165) is 24.0 Å². The van der Waals surface area contributed by atoms with E-state index in [1.807, 2.05) is 6.92 Å². The summed E-state index contributed by atoms with van der Waals surface area (Å²) in [7, 11) is -3.99. The van der Waals surface area contributed by atoms with Crippen molar-refractivity contribution in [1.82, 2.24) is 4.98 Å². The third-order valence-corrected chi connectivity index (χ3v) is 6.87. The predicted molar refractivity (Wildman–Crippen MR) is 96.8 cm³/mol. The number of fused-ring (bicyclic) bond motifs is 1. The Labute approximate surface area is 159 Å². The van der Waals surface area contributed by atoms with E-state index in [4.69, 9.17) is 0 Å². The van der Waals surface area contributed by atoms with Crippen LogP contribution >= 0.6 is 0 Å². The molecule has 0 spiro atoms. The fraction of sp³-hybridized carbons (Fsp3) is 0.250. The van der Waals surface area contributed by atoms with Crippen molar-refractivity contribution >= 4 is 27.0 Å². The largest absolute Gasteiger partial charge is 0.416 e. The lowest BCUT2D eigenvalue weighted by Gasteiger charge is -2.08. The van der Waals surface area contributed by atoms with E-state index in [1.54, 1.807) is 12.1 Å². The standard InChI is InChI=1S/C20H16F3NO3S/c1-11-2-5-14(6-3-11)28(26,27)19-18(15-8-12(15)10-25)16-9-13(20(21,22)23)4-7-17(16)24-19/h2-7,9-10,12,15,24H,8H2,1H3/t12-,15+/m0/s1. The maximum Gasteiger partial charge on any atom is 0.416 e. The Hall–Kier alpha value is -2.61. The first-order valence-electron chi connectivity index (χ1n) is 8.63. The zero-order valence-electron chi connectivity index (χ0n) is 14.7. The fourth-order valence-corrected chi connectivity index (χ4v) is 5.00. The summed E-state index contributed by atoms with van der Waals surface area (Å²) >= 11 is 0. The first-order valence-corrected chi connectivity index (χ1v) is 10.1. The molecule has 1 aromatic heterocycles. The molecule has 146 valence electrons. The van der Waals surface area contributed by atoms with E-state index >= 15 is 0 Å². The third kappa shape index (κ3) is 3.01. The fourth-order valence-electron chi connectivity index (χ4n) is 3.48. The molecule has 0 aliphatic heterocycles. The minimum atomic E-state index is -4.55. The zero-order valence-corrected chi connectivity index (χ0v) is 15.6. The van der Waals surface area contributed by atoms with Crippen molar-refractivity contribution in [2.24, 2.45) is 5.92 Å². The number of rotatable bonds is 4. The summed E-state index contributed by atoms with van der Waals surface area (Å²) in [4.78, 5) is 14.0. The van der Waals surface area contributed by atoms with Gasteiger partial charge in [0.25, 0.3) is 0 Å². The van der Waals surface area contributed by atoms with Crippen molar-refractivity contribution in [3.63, 3.8) is 0 Å². The van der Waals surface area contributed by atoms with E-state index in [0.29, 0.717) is 11.9 Å². The highest BCUT2D eigenvalue weighted by Crippen LogP contribution is 2.51. The van der Waals surface area contributed by atoms with Crippen molar-refractivity contribution in [2.45, 2.75) is 35.4 Å². The molecule has 1 saturated carbocycles. The molecule has 3 aromatic rings. The van der Waals surface area contributed by atoms with Crippen LogP contribution in [0.5, 0.6) is 0 Å². The molecule has 1 N–H and O–H groups in total. The van der Waals surface area contributed by atoms with Gasteiger partial charge in [0, 0.05) is 22.4 Å². The van der Waals surface area contributed by atoms with Gasteiger partial charge in [-0.3, -0.25) is 0 Å². The SMILES string of the molecule is Cc1ccc(S(=O)(=O)c2[nH]c3ccc(C(F)(F)F)cc3c2[C@@H]2C[C@H]2C=O)cc1. The number of sulfone groups is 1. The first kappa shape index (κ1) is 18.7. The topological polar surface area (TPSA) is 67.0 Å². The van der Waals surface area contributed by atoms with Gasteiger partial charge in [0.2, 0.25) is 9.84 Å². The molecule has 1 aliphatic rings. The van der Waals surface area contributed by atoms with Gasteiger partial charge in [-0.1, -0.05) is 17.7 Å². The molecular weight excluding hydrogens is 391 g/mol. The number of aldehydes is 1. The van der Waals surface area contributed by atoms with Crippen LogP contribution in [0.2, 0.25) is 0 Å². The second-order valence-electron chi connectivity index (χ2n) is 7.08. The molecule has 1 fully saturated rings. The van der Waals surface area contributed by atoms with E-state index in [1.165, 1.54) is 18.2 Å². The van der Waals surface area contributed by atoms with Gasteiger partial charge >= 0.3 is 6.18 Å². The maximum atomic E-state index is 13.2. The second kappa shape index (κ2) is 6.20. The predicted octanol–water partition coefficient (Wildman–Crippen LogP) is 4.63. The molecular formula is C20H16F3NO3S. The summed E-state index contributed by atoms with van der Waals surface area (Å²) in [6.07, 6.45) is -3.41. The number of hydrogen-bond acceptors (Lipinski definition) is 3. The monoisotopic (exact) mass is 407 g/mol. The Morgan fingerprint density at radius 1 is 1.11 bits per heavy atom. The first-order chi connectivity index (χ1) is 13.1. The molecule has 0 unspecified atom stereocenters. The number of aromatic amines is 1. The van der Waals surface area contributed by atoms with Crippen molar-refractivity contribution in [3.8, 4) is 0 Å². The molecule has 1 heterocycles. The number of carbonyl (C=O) groups excluding carboxylic acids is 1. The highest BCUT2D eigenvalue weighted by atomic mass is 32.2. The Morgan fingerprint density at radius 3 is 2.36 bits per heavy atom. The van der Waals surface area contributed by atoms with Gasteiger partial charge in [-0.25, -0.2) is 8.42 Å². The lowest BCUT2D eigenvalue weighted by Crippen LogP contribution is -2.06. The van der Waals surface area contributed by atoms with Crippen LogP contribution in [0.15, 0.2) is 52.4 Å². The van der Waals surface area contributed by atoms with Gasteiger partial charge < -0.3 is 9.78 Å². The average Bonchev–Trinajstić information content (AvgIpc) is 3.31. The molecule has 0 radical (unpaired) electrons. The quantitative estimate of drug-likeness (QED) is 0.641. The summed E-state index contributed by atoms with van der Waals surface area (Å²) in [5.74, 6) is -0.800. The number of H-pyrrole nitrogens is 1. The van der Waals surface area contributed by atoms with E-state index in [9.17, 15) is 26.4 Å². The molecule has 1 aliphatic carbocycles. The number of halogens is 3. The van der Waals surface area contributed by atoms with Crippen LogP contribution in [-0.4, -0.2) is 19.7 Å². The number of carbonyl (C=O) groups is 1. The molecule has 0 saturated heterocycles. The Kier molecular flexibility index (Phi) is 4.15. The molecule has 4 nitrogen and oxygen atoms in total. The number of alkyl halides is 3.